The Kier molecular flexibility index (Phi) is 4.34. The van der Waals surface area contributed by atoms with Crippen LogP contribution in [0.3, 0.4) is 0 Å². The van der Waals surface area contributed by atoms with Gasteiger partial charge in [-0.15, -0.1) is 0 Å². The molecule has 0 amide bonds. The lowest BCUT2D eigenvalue weighted by Crippen LogP contribution is -2.34. The van der Waals surface area contributed by atoms with Crippen LogP contribution >= 0.6 is 0 Å². The fourth-order valence-electron chi connectivity index (χ4n) is 3.25. The molecule has 2 aromatic rings. The molecule has 3 rings (SSSR count). The third kappa shape index (κ3) is 2.95. The van der Waals surface area contributed by atoms with E-state index in [0.717, 1.165) is 30.4 Å². The highest BCUT2D eigenvalue weighted by Gasteiger charge is 2.27. The lowest BCUT2D eigenvalue weighted by atomic mass is 9.99. The zero-order valence-electron chi connectivity index (χ0n) is 14.0. The number of hydrogen-bond acceptors (Lipinski definition) is 4. The highest BCUT2D eigenvalue weighted by atomic mass is 16.4. The summed E-state index contributed by atoms with van der Waals surface area (Å²) in [6.07, 6.45) is 5.60. The van der Waals surface area contributed by atoms with Gasteiger partial charge in [0.25, 0.3) is 0 Å². The maximum atomic E-state index is 6.00. The van der Waals surface area contributed by atoms with E-state index < -0.39 is 0 Å². The molecule has 1 fully saturated rings. The van der Waals surface area contributed by atoms with Crippen molar-refractivity contribution in [1.29, 1.82) is 0 Å². The second-order valence-corrected chi connectivity index (χ2v) is 6.58. The summed E-state index contributed by atoms with van der Waals surface area (Å²) in [7, 11) is 2.03. The fourth-order valence-corrected chi connectivity index (χ4v) is 3.25. The number of piperidine rings is 1. The number of hydrogen-bond donors (Lipinski definition) is 0. The van der Waals surface area contributed by atoms with Crippen LogP contribution in [0, 0.1) is 6.92 Å². The first-order valence-corrected chi connectivity index (χ1v) is 8.24. The summed E-state index contributed by atoms with van der Waals surface area (Å²) in [4.78, 5) is 7.08. The van der Waals surface area contributed by atoms with E-state index in [2.05, 4.69) is 34.9 Å². The summed E-state index contributed by atoms with van der Waals surface area (Å²) >= 11 is 0. The first-order chi connectivity index (χ1) is 10.6. The molecule has 5 heteroatoms. The first-order valence-electron chi connectivity index (χ1n) is 8.24. The van der Waals surface area contributed by atoms with E-state index in [1.54, 1.807) is 0 Å². The minimum atomic E-state index is 0.335. The number of nitrogens with zero attached hydrogens (tertiary/aromatic N) is 4. The van der Waals surface area contributed by atoms with Crippen molar-refractivity contribution in [2.75, 3.05) is 6.54 Å². The molecule has 0 aromatic carbocycles. The summed E-state index contributed by atoms with van der Waals surface area (Å²) in [5.41, 5.74) is 2.32. The van der Waals surface area contributed by atoms with Gasteiger partial charge >= 0.3 is 0 Å². The molecule has 0 N–H and O–H groups in total. The van der Waals surface area contributed by atoms with Crippen LogP contribution in [0.1, 0.15) is 68.1 Å². The SMILES string of the molecule is Cc1nc(C(C)C)oc1CN1CCCCC1c1ccnn1C. The van der Waals surface area contributed by atoms with Crippen LogP contribution in [0.25, 0.3) is 0 Å². The average Bonchev–Trinajstić information content (AvgIpc) is 3.07. The quantitative estimate of drug-likeness (QED) is 0.866. The second-order valence-electron chi connectivity index (χ2n) is 6.58. The Labute approximate surface area is 132 Å². The summed E-state index contributed by atoms with van der Waals surface area (Å²) in [6.45, 7) is 8.23. The molecule has 1 aliphatic heterocycles. The van der Waals surface area contributed by atoms with Crippen molar-refractivity contribution in [2.45, 2.75) is 58.5 Å². The van der Waals surface area contributed by atoms with Crippen molar-refractivity contribution in [3.8, 4) is 0 Å². The molecule has 22 heavy (non-hydrogen) atoms. The van der Waals surface area contributed by atoms with Gasteiger partial charge in [-0.05, 0) is 32.4 Å². The molecule has 120 valence electrons. The zero-order valence-corrected chi connectivity index (χ0v) is 14.0. The number of oxazole rings is 1. The third-order valence-electron chi connectivity index (χ3n) is 4.56. The topological polar surface area (TPSA) is 47.1 Å². The summed E-state index contributed by atoms with van der Waals surface area (Å²) < 4.78 is 8.00. The van der Waals surface area contributed by atoms with Crippen molar-refractivity contribution >= 4 is 0 Å². The number of aryl methyl sites for hydroxylation is 2. The van der Waals surface area contributed by atoms with E-state index in [1.165, 1.54) is 25.0 Å². The Hall–Kier alpha value is -1.62. The first kappa shape index (κ1) is 15.3. The molecule has 1 atom stereocenters. The van der Waals surface area contributed by atoms with Gasteiger partial charge in [0.2, 0.25) is 0 Å². The number of rotatable bonds is 4. The van der Waals surface area contributed by atoms with Gasteiger partial charge in [-0.25, -0.2) is 4.98 Å². The lowest BCUT2D eigenvalue weighted by molar-refractivity contribution is 0.123. The maximum absolute atomic E-state index is 6.00. The normalized spacial score (nSPS) is 20.0. The molecular weight excluding hydrogens is 276 g/mol. The molecule has 1 saturated heterocycles. The number of likely N-dealkylation sites (tertiary alicyclic amines) is 1. The highest BCUT2D eigenvalue weighted by Crippen LogP contribution is 2.32. The predicted octanol–water partition coefficient (Wildman–Crippen LogP) is 3.57. The van der Waals surface area contributed by atoms with Crippen LogP contribution in [0.4, 0.5) is 0 Å². The summed E-state index contributed by atoms with van der Waals surface area (Å²) in [6, 6.07) is 2.56. The van der Waals surface area contributed by atoms with Crippen LogP contribution in [-0.4, -0.2) is 26.2 Å². The second kappa shape index (κ2) is 6.24. The molecule has 0 spiro atoms. The maximum Gasteiger partial charge on any atom is 0.197 e. The fraction of sp³-hybridized carbons (Fsp3) is 0.647. The van der Waals surface area contributed by atoms with Gasteiger partial charge in [0, 0.05) is 19.2 Å². The van der Waals surface area contributed by atoms with Crippen LogP contribution in [-0.2, 0) is 13.6 Å². The molecule has 0 saturated carbocycles. The van der Waals surface area contributed by atoms with Crippen LogP contribution in [0.2, 0.25) is 0 Å². The smallest absolute Gasteiger partial charge is 0.197 e. The van der Waals surface area contributed by atoms with E-state index in [9.17, 15) is 0 Å². The van der Waals surface area contributed by atoms with Crippen LogP contribution < -0.4 is 0 Å². The van der Waals surface area contributed by atoms with Gasteiger partial charge in [0.1, 0.15) is 5.76 Å². The minimum absolute atomic E-state index is 0.335. The van der Waals surface area contributed by atoms with Crippen molar-refractivity contribution in [3.63, 3.8) is 0 Å². The summed E-state index contributed by atoms with van der Waals surface area (Å²) in [5.74, 6) is 2.20. The van der Waals surface area contributed by atoms with Gasteiger partial charge in [-0.2, -0.15) is 5.10 Å². The molecule has 0 aliphatic carbocycles. The molecular formula is C17H26N4O. The molecule has 1 unspecified atom stereocenters. The minimum Gasteiger partial charge on any atom is -0.444 e. The van der Waals surface area contributed by atoms with Crippen molar-refractivity contribution < 1.29 is 4.42 Å². The van der Waals surface area contributed by atoms with E-state index in [-0.39, 0.29) is 0 Å². The Morgan fingerprint density at radius 2 is 2.18 bits per heavy atom. The third-order valence-corrected chi connectivity index (χ3v) is 4.56. The van der Waals surface area contributed by atoms with Crippen molar-refractivity contribution in [2.24, 2.45) is 7.05 Å². The van der Waals surface area contributed by atoms with E-state index in [1.807, 2.05) is 24.9 Å². The van der Waals surface area contributed by atoms with Gasteiger partial charge in [-0.3, -0.25) is 9.58 Å². The van der Waals surface area contributed by atoms with E-state index >= 15 is 0 Å². The van der Waals surface area contributed by atoms with Crippen molar-refractivity contribution in [3.05, 3.63) is 35.3 Å². The van der Waals surface area contributed by atoms with Gasteiger partial charge in [-0.1, -0.05) is 20.3 Å². The zero-order chi connectivity index (χ0) is 15.7. The average molecular weight is 302 g/mol. The highest BCUT2D eigenvalue weighted by molar-refractivity contribution is 5.12. The molecule has 0 radical (unpaired) electrons. The Morgan fingerprint density at radius 3 is 2.82 bits per heavy atom. The van der Waals surface area contributed by atoms with Crippen molar-refractivity contribution in [1.82, 2.24) is 19.7 Å². The van der Waals surface area contributed by atoms with Gasteiger partial charge in [0.15, 0.2) is 5.89 Å². The summed E-state index contributed by atoms with van der Waals surface area (Å²) in [5, 5.41) is 4.33. The molecule has 2 aromatic heterocycles. The standard InChI is InChI=1S/C17H26N4O/c1-12(2)17-19-13(3)16(22-17)11-21-10-6-5-7-15(21)14-8-9-18-20(14)4/h8-9,12,15H,5-7,10-11H2,1-4H3. The number of aromatic nitrogens is 3. The van der Waals surface area contributed by atoms with Crippen LogP contribution in [0.5, 0.6) is 0 Å². The van der Waals surface area contributed by atoms with Gasteiger partial charge in [0.05, 0.1) is 24.0 Å². The Bertz CT molecular complexity index is 628. The molecule has 3 heterocycles. The van der Waals surface area contributed by atoms with E-state index in [0.29, 0.717) is 12.0 Å². The Balaban J connectivity index is 1.81. The monoisotopic (exact) mass is 302 g/mol. The molecule has 0 bridgehead atoms. The van der Waals surface area contributed by atoms with E-state index in [4.69, 9.17) is 4.42 Å². The van der Waals surface area contributed by atoms with Gasteiger partial charge < -0.3 is 4.42 Å². The largest absolute Gasteiger partial charge is 0.444 e. The lowest BCUT2D eigenvalue weighted by Gasteiger charge is -2.35. The molecule has 1 aliphatic rings. The van der Waals surface area contributed by atoms with Crippen LogP contribution in [0.15, 0.2) is 16.7 Å². The molecule has 5 nitrogen and oxygen atoms in total. The Morgan fingerprint density at radius 1 is 1.36 bits per heavy atom. The predicted molar refractivity (Wildman–Crippen MR) is 85.5 cm³/mol.